The molecule has 2 fully saturated rings. The Hall–Kier alpha value is -0.880. The molecule has 1 saturated heterocycles. The quantitative estimate of drug-likeness (QED) is 0.803. The molecular formula is C16H20BrNO3S. The van der Waals surface area contributed by atoms with Crippen LogP contribution < -0.4 is 0 Å². The number of benzene rings is 1. The van der Waals surface area contributed by atoms with E-state index in [1.807, 2.05) is 18.2 Å². The van der Waals surface area contributed by atoms with E-state index in [1.54, 1.807) is 11.0 Å². The van der Waals surface area contributed by atoms with Crippen molar-refractivity contribution in [3.05, 3.63) is 34.3 Å². The maximum atomic E-state index is 12.6. The van der Waals surface area contributed by atoms with Crippen LogP contribution in [0.3, 0.4) is 0 Å². The van der Waals surface area contributed by atoms with Gasteiger partial charge in [0.2, 0.25) is 0 Å². The minimum absolute atomic E-state index is 0.0948. The Balaban J connectivity index is 1.64. The fourth-order valence-corrected chi connectivity index (χ4v) is 6.05. The summed E-state index contributed by atoms with van der Waals surface area (Å²) in [4.78, 5) is 14.0. The summed E-state index contributed by atoms with van der Waals surface area (Å²) in [5, 5.41) is -0.561. The van der Waals surface area contributed by atoms with Gasteiger partial charge < -0.3 is 4.90 Å². The van der Waals surface area contributed by atoms with Crippen molar-refractivity contribution in [1.82, 2.24) is 4.90 Å². The van der Waals surface area contributed by atoms with Crippen molar-refractivity contribution < 1.29 is 13.2 Å². The molecule has 1 amide bonds. The monoisotopic (exact) mass is 385 g/mol. The highest BCUT2D eigenvalue weighted by Gasteiger charge is 2.43. The fraction of sp³-hybridized carbons (Fsp3) is 0.562. The Bertz CT molecular complexity index is 662. The van der Waals surface area contributed by atoms with E-state index in [-0.39, 0.29) is 16.4 Å². The summed E-state index contributed by atoms with van der Waals surface area (Å²) in [5.41, 5.74) is 0.594. The molecule has 0 spiro atoms. The van der Waals surface area contributed by atoms with Crippen LogP contribution in [0, 0.1) is 0 Å². The number of nitrogens with zero attached hydrogens (tertiary/aromatic N) is 1. The van der Waals surface area contributed by atoms with Crippen LogP contribution in [0.1, 0.15) is 42.5 Å². The molecule has 3 rings (SSSR count). The lowest BCUT2D eigenvalue weighted by molar-refractivity contribution is 0.0657. The van der Waals surface area contributed by atoms with Gasteiger partial charge in [0.25, 0.3) is 5.91 Å². The van der Waals surface area contributed by atoms with Crippen LogP contribution in [0.4, 0.5) is 0 Å². The third-order valence-electron chi connectivity index (χ3n) is 4.72. The van der Waals surface area contributed by atoms with Crippen molar-refractivity contribution in [3.63, 3.8) is 0 Å². The SMILES string of the molecule is O=C(c1ccccc1Br)N1CC(S(=O)(=O)C2CCCCC2)C1. The van der Waals surface area contributed by atoms with Gasteiger partial charge in [-0.25, -0.2) is 8.42 Å². The first-order valence-electron chi connectivity index (χ1n) is 7.76. The molecule has 0 atom stereocenters. The summed E-state index contributed by atoms with van der Waals surface area (Å²) in [6.45, 7) is 0.665. The number of halogens is 1. The van der Waals surface area contributed by atoms with Gasteiger partial charge in [0.05, 0.1) is 16.1 Å². The van der Waals surface area contributed by atoms with Crippen molar-refractivity contribution in [2.45, 2.75) is 42.6 Å². The number of carbonyl (C=O) groups is 1. The fourth-order valence-electron chi connectivity index (χ4n) is 3.28. The van der Waals surface area contributed by atoms with Crippen LogP contribution in [0.2, 0.25) is 0 Å². The van der Waals surface area contributed by atoms with Gasteiger partial charge in [-0.05, 0) is 40.9 Å². The number of carbonyl (C=O) groups excluding carboxylic acids is 1. The molecule has 6 heteroatoms. The molecule has 120 valence electrons. The Labute approximate surface area is 139 Å². The molecule has 0 N–H and O–H groups in total. The third kappa shape index (κ3) is 2.95. The zero-order valence-corrected chi connectivity index (χ0v) is 14.8. The largest absolute Gasteiger partial charge is 0.336 e. The number of hydrogen-bond acceptors (Lipinski definition) is 3. The molecule has 1 heterocycles. The second kappa shape index (κ2) is 6.32. The van der Waals surface area contributed by atoms with E-state index in [0.29, 0.717) is 18.7 Å². The maximum Gasteiger partial charge on any atom is 0.255 e. The predicted molar refractivity (Wildman–Crippen MR) is 89.6 cm³/mol. The Morgan fingerprint density at radius 3 is 2.32 bits per heavy atom. The van der Waals surface area contributed by atoms with Crippen molar-refractivity contribution in [3.8, 4) is 0 Å². The standard InChI is InChI=1S/C16H20BrNO3S/c17-15-9-5-4-8-14(15)16(19)18-10-13(11-18)22(20,21)12-6-2-1-3-7-12/h4-5,8-9,12-13H,1-3,6-7,10-11H2. The van der Waals surface area contributed by atoms with E-state index in [0.717, 1.165) is 36.6 Å². The van der Waals surface area contributed by atoms with Crippen LogP contribution in [-0.2, 0) is 9.84 Å². The van der Waals surface area contributed by atoms with Crippen molar-refractivity contribution in [2.75, 3.05) is 13.1 Å². The highest BCUT2D eigenvalue weighted by atomic mass is 79.9. The summed E-state index contributed by atoms with van der Waals surface area (Å²) in [6.07, 6.45) is 4.74. The number of amides is 1. The Kier molecular flexibility index (Phi) is 4.59. The molecule has 0 radical (unpaired) electrons. The molecule has 1 aromatic carbocycles. The van der Waals surface area contributed by atoms with Crippen molar-refractivity contribution >= 4 is 31.7 Å². The molecular weight excluding hydrogens is 366 g/mol. The predicted octanol–water partition coefficient (Wildman–Crippen LogP) is 3.02. The minimum Gasteiger partial charge on any atom is -0.336 e. The molecule has 0 bridgehead atoms. The summed E-state index contributed by atoms with van der Waals surface area (Å²) in [6, 6.07) is 7.25. The molecule has 4 nitrogen and oxygen atoms in total. The van der Waals surface area contributed by atoms with Gasteiger partial charge in [-0.15, -0.1) is 0 Å². The van der Waals surface area contributed by atoms with Gasteiger partial charge >= 0.3 is 0 Å². The Morgan fingerprint density at radius 2 is 1.68 bits per heavy atom. The first-order valence-corrected chi connectivity index (χ1v) is 10.2. The molecule has 1 aliphatic carbocycles. The third-order valence-corrected chi connectivity index (χ3v) is 8.04. The number of sulfone groups is 1. The van der Waals surface area contributed by atoms with Crippen LogP contribution in [-0.4, -0.2) is 42.8 Å². The van der Waals surface area contributed by atoms with Gasteiger partial charge in [-0.3, -0.25) is 4.79 Å². The minimum atomic E-state index is -3.09. The second-order valence-corrected chi connectivity index (χ2v) is 9.53. The second-order valence-electron chi connectivity index (χ2n) is 6.16. The molecule has 2 aliphatic rings. The smallest absolute Gasteiger partial charge is 0.255 e. The summed E-state index contributed by atoms with van der Waals surface area (Å²) in [7, 11) is -3.09. The molecule has 0 unspecified atom stereocenters. The summed E-state index contributed by atoms with van der Waals surface area (Å²) < 4.78 is 25.9. The molecule has 1 aromatic rings. The lowest BCUT2D eigenvalue weighted by Gasteiger charge is -2.41. The van der Waals surface area contributed by atoms with E-state index in [2.05, 4.69) is 15.9 Å². The van der Waals surface area contributed by atoms with Gasteiger partial charge in [0.1, 0.15) is 0 Å². The highest BCUT2D eigenvalue weighted by molar-refractivity contribution is 9.10. The average Bonchev–Trinajstić information content (AvgIpc) is 2.46. The average molecular weight is 386 g/mol. The first kappa shape index (κ1) is 16.0. The van der Waals surface area contributed by atoms with Crippen LogP contribution in [0.5, 0.6) is 0 Å². The van der Waals surface area contributed by atoms with Gasteiger partial charge in [-0.2, -0.15) is 0 Å². The molecule has 0 aromatic heterocycles. The first-order chi connectivity index (χ1) is 10.5. The van der Waals surface area contributed by atoms with Crippen molar-refractivity contribution in [1.29, 1.82) is 0 Å². The molecule has 1 aliphatic heterocycles. The molecule has 22 heavy (non-hydrogen) atoms. The highest BCUT2D eigenvalue weighted by Crippen LogP contribution is 2.31. The van der Waals surface area contributed by atoms with Gasteiger partial charge in [0, 0.05) is 17.6 Å². The summed E-state index contributed by atoms with van der Waals surface area (Å²) >= 11 is 3.37. The zero-order valence-electron chi connectivity index (χ0n) is 12.4. The lowest BCUT2D eigenvalue weighted by atomic mass is 10.0. The van der Waals surface area contributed by atoms with Gasteiger partial charge in [-0.1, -0.05) is 31.4 Å². The number of hydrogen-bond donors (Lipinski definition) is 0. The molecule has 1 saturated carbocycles. The zero-order chi connectivity index (χ0) is 15.7. The topological polar surface area (TPSA) is 54.5 Å². The van der Waals surface area contributed by atoms with E-state index in [9.17, 15) is 13.2 Å². The normalized spacial score (nSPS) is 20.7. The summed E-state index contributed by atoms with van der Waals surface area (Å²) in [5.74, 6) is -0.0948. The number of likely N-dealkylation sites (tertiary alicyclic amines) is 1. The number of rotatable bonds is 3. The lowest BCUT2D eigenvalue weighted by Crippen LogP contribution is -2.58. The van der Waals surface area contributed by atoms with E-state index >= 15 is 0 Å². The van der Waals surface area contributed by atoms with Crippen LogP contribution in [0.25, 0.3) is 0 Å². The van der Waals surface area contributed by atoms with E-state index in [1.165, 1.54) is 0 Å². The maximum absolute atomic E-state index is 12.6. The van der Waals surface area contributed by atoms with E-state index in [4.69, 9.17) is 0 Å². The van der Waals surface area contributed by atoms with Crippen LogP contribution in [0.15, 0.2) is 28.7 Å². The van der Waals surface area contributed by atoms with Crippen molar-refractivity contribution in [2.24, 2.45) is 0 Å². The van der Waals surface area contributed by atoms with Gasteiger partial charge in [0.15, 0.2) is 9.84 Å². The van der Waals surface area contributed by atoms with Crippen LogP contribution >= 0.6 is 15.9 Å². The van der Waals surface area contributed by atoms with E-state index < -0.39 is 9.84 Å². The Morgan fingerprint density at radius 1 is 1.05 bits per heavy atom.